The lowest BCUT2D eigenvalue weighted by Gasteiger charge is -2.32. The van der Waals surface area contributed by atoms with Crippen molar-refractivity contribution >= 4 is 5.91 Å². The second kappa shape index (κ2) is 5.83. The zero-order valence-corrected chi connectivity index (χ0v) is 11.0. The summed E-state index contributed by atoms with van der Waals surface area (Å²) in [7, 11) is 0. The lowest BCUT2D eigenvalue weighted by molar-refractivity contribution is -0.126. The van der Waals surface area contributed by atoms with Crippen LogP contribution in [0.3, 0.4) is 0 Å². The fourth-order valence-corrected chi connectivity index (χ4v) is 2.40. The van der Waals surface area contributed by atoms with Crippen molar-refractivity contribution in [3.05, 3.63) is 0 Å². The van der Waals surface area contributed by atoms with Crippen LogP contribution < -0.4 is 10.6 Å². The summed E-state index contributed by atoms with van der Waals surface area (Å²) >= 11 is 0. The van der Waals surface area contributed by atoms with Crippen LogP contribution in [0, 0.1) is 11.8 Å². The van der Waals surface area contributed by atoms with Gasteiger partial charge in [0.25, 0.3) is 0 Å². The molecule has 1 atom stereocenters. The van der Waals surface area contributed by atoms with E-state index in [0.29, 0.717) is 5.92 Å². The third-order valence-corrected chi connectivity index (χ3v) is 4.10. The predicted molar refractivity (Wildman–Crippen MR) is 68.8 cm³/mol. The summed E-state index contributed by atoms with van der Waals surface area (Å²) < 4.78 is 0. The van der Waals surface area contributed by atoms with Crippen LogP contribution in [0.5, 0.6) is 0 Å². The Morgan fingerprint density at radius 2 is 2.18 bits per heavy atom. The molecule has 0 aromatic rings. The van der Waals surface area contributed by atoms with Crippen LogP contribution in [-0.4, -0.2) is 49.6 Å². The number of likely N-dealkylation sites (N-methyl/N-ethyl adjacent to an activating group) is 1. The minimum absolute atomic E-state index is 0.159. The molecule has 0 aromatic carbocycles. The molecule has 1 saturated carbocycles. The van der Waals surface area contributed by atoms with Crippen LogP contribution >= 0.6 is 0 Å². The quantitative estimate of drug-likeness (QED) is 0.678. The van der Waals surface area contributed by atoms with Crippen LogP contribution in [0.15, 0.2) is 0 Å². The minimum atomic E-state index is 0.159. The van der Waals surface area contributed by atoms with E-state index in [1.54, 1.807) is 0 Å². The van der Waals surface area contributed by atoms with Gasteiger partial charge in [0.15, 0.2) is 0 Å². The first-order chi connectivity index (χ1) is 8.22. The lowest BCUT2D eigenvalue weighted by Crippen LogP contribution is -2.50. The van der Waals surface area contributed by atoms with E-state index < -0.39 is 0 Å². The molecular weight excluding hydrogens is 214 g/mol. The van der Waals surface area contributed by atoms with Gasteiger partial charge >= 0.3 is 0 Å². The Morgan fingerprint density at radius 1 is 1.47 bits per heavy atom. The summed E-state index contributed by atoms with van der Waals surface area (Å²) in [6, 6.07) is 0.796. The van der Waals surface area contributed by atoms with Crippen molar-refractivity contribution in [1.29, 1.82) is 0 Å². The molecule has 0 aromatic heterocycles. The minimum Gasteiger partial charge on any atom is -0.355 e. The van der Waals surface area contributed by atoms with E-state index >= 15 is 0 Å². The highest BCUT2D eigenvalue weighted by atomic mass is 16.1. The third-order valence-electron chi connectivity index (χ3n) is 4.10. The van der Waals surface area contributed by atoms with Crippen molar-refractivity contribution in [2.24, 2.45) is 11.8 Å². The maximum absolute atomic E-state index is 11.9. The normalized spacial score (nSPS) is 22.3. The topological polar surface area (TPSA) is 44.4 Å². The lowest BCUT2D eigenvalue weighted by atomic mass is 9.88. The van der Waals surface area contributed by atoms with Crippen molar-refractivity contribution in [2.75, 3.05) is 32.7 Å². The number of nitrogens with zero attached hydrogens (tertiary/aromatic N) is 1. The molecular formula is C13H25N3O. The molecule has 2 rings (SSSR count). The van der Waals surface area contributed by atoms with E-state index in [1.165, 1.54) is 12.8 Å². The van der Waals surface area contributed by atoms with Gasteiger partial charge in [-0.2, -0.15) is 0 Å². The van der Waals surface area contributed by atoms with Gasteiger partial charge in [-0.15, -0.1) is 0 Å². The second-order valence-corrected chi connectivity index (χ2v) is 5.36. The zero-order valence-electron chi connectivity index (χ0n) is 11.0. The van der Waals surface area contributed by atoms with Crippen molar-refractivity contribution in [3.63, 3.8) is 0 Å². The third kappa shape index (κ3) is 3.42. The van der Waals surface area contributed by atoms with Crippen molar-refractivity contribution < 1.29 is 4.79 Å². The standard InChI is InChI=1S/C13H25N3O/c1-3-16(12-4-5-12)7-6-15-13(17)10(2)11-8-14-9-11/h10-12,14H,3-9H2,1-2H3,(H,15,17). The van der Waals surface area contributed by atoms with Gasteiger partial charge in [-0.25, -0.2) is 0 Å². The van der Waals surface area contributed by atoms with E-state index in [1.807, 2.05) is 6.92 Å². The molecule has 4 heteroatoms. The van der Waals surface area contributed by atoms with E-state index in [-0.39, 0.29) is 11.8 Å². The van der Waals surface area contributed by atoms with Gasteiger partial charge in [0.1, 0.15) is 0 Å². The van der Waals surface area contributed by atoms with Gasteiger partial charge < -0.3 is 10.6 Å². The first-order valence-corrected chi connectivity index (χ1v) is 6.94. The van der Waals surface area contributed by atoms with Crippen molar-refractivity contribution in [3.8, 4) is 0 Å². The molecule has 2 aliphatic rings. The summed E-state index contributed by atoms with van der Waals surface area (Å²) in [5.41, 5.74) is 0. The number of rotatable bonds is 7. The summed E-state index contributed by atoms with van der Waals surface area (Å²) in [6.07, 6.45) is 2.68. The molecule has 1 aliphatic carbocycles. The highest BCUT2D eigenvalue weighted by molar-refractivity contribution is 5.78. The Morgan fingerprint density at radius 3 is 2.65 bits per heavy atom. The molecule has 0 radical (unpaired) electrons. The van der Waals surface area contributed by atoms with Gasteiger partial charge in [0, 0.05) is 25.0 Å². The average Bonchev–Trinajstić information content (AvgIpc) is 3.05. The van der Waals surface area contributed by atoms with Crippen LogP contribution in [0.25, 0.3) is 0 Å². The number of hydrogen-bond acceptors (Lipinski definition) is 3. The van der Waals surface area contributed by atoms with Crippen LogP contribution in [0.4, 0.5) is 0 Å². The monoisotopic (exact) mass is 239 g/mol. The Balaban J connectivity index is 1.61. The molecule has 17 heavy (non-hydrogen) atoms. The fourth-order valence-electron chi connectivity index (χ4n) is 2.40. The molecule has 1 heterocycles. The van der Waals surface area contributed by atoms with Crippen LogP contribution in [0.1, 0.15) is 26.7 Å². The number of amides is 1. The number of carbonyl (C=O) groups excluding carboxylic acids is 1. The Kier molecular flexibility index (Phi) is 4.40. The van der Waals surface area contributed by atoms with Crippen LogP contribution in [-0.2, 0) is 4.79 Å². The van der Waals surface area contributed by atoms with Gasteiger partial charge in [0.2, 0.25) is 5.91 Å². The highest BCUT2D eigenvalue weighted by Gasteiger charge is 2.29. The van der Waals surface area contributed by atoms with Crippen molar-refractivity contribution in [1.82, 2.24) is 15.5 Å². The SMILES string of the molecule is CCN(CCNC(=O)C(C)C1CNC1)C1CC1. The Bertz CT molecular complexity index is 261. The molecule has 98 valence electrons. The van der Waals surface area contributed by atoms with Crippen LogP contribution in [0.2, 0.25) is 0 Å². The molecule has 0 spiro atoms. The predicted octanol–water partition coefficient (Wildman–Crippen LogP) is 0.442. The molecule has 2 N–H and O–H groups in total. The molecule has 1 amide bonds. The number of hydrogen-bond donors (Lipinski definition) is 2. The Hall–Kier alpha value is -0.610. The number of nitrogens with one attached hydrogen (secondary N) is 2. The zero-order chi connectivity index (χ0) is 12.3. The fraction of sp³-hybridized carbons (Fsp3) is 0.923. The van der Waals surface area contributed by atoms with Gasteiger partial charge in [-0.1, -0.05) is 13.8 Å². The van der Waals surface area contributed by atoms with E-state index in [2.05, 4.69) is 22.5 Å². The molecule has 1 aliphatic heterocycles. The molecule has 1 unspecified atom stereocenters. The Labute approximate surface area is 104 Å². The largest absolute Gasteiger partial charge is 0.355 e. The van der Waals surface area contributed by atoms with Gasteiger partial charge in [-0.05, 0) is 38.4 Å². The smallest absolute Gasteiger partial charge is 0.223 e. The first-order valence-electron chi connectivity index (χ1n) is 6.94. The summed E-state index contributed by atoms with van der Waals surface area (Å²) in [5, 5.41) is 6.29. The van der Waals surface area contributed by atoms with E-state index in [4.69, 9.17) is 0 Å². The van der Waals surface area contributed by atoms with E-state index in [9.17, 15) is 4.79 Å². The second-order valence-electron chi connectivity index (χ2n) is 5.36. The molecule has 2 fully saturated rings. The summed E-state index contributed by atoms with van der Waals surface area (Å²) in [6.45, 7) is 9.14. The van der Waals surface area contributed by atoms with Gasteiger partial charge in [-0.3, -0.25) is 9.69 Å². The van der Waals surface area contributed by atoms with E-state index in [0.717, 1.165) is 38.8 Å². The first kappa shape index (κ1) is 12.8. The molecule has 1 saturated heterocycles. The highest BCUT2D eigenvalue weighted by Crippen LogP contribution is 2.25. The summed E-state index contributed by atoms with van der Waals surface area (Å²) in [4.78, 5) is 14.3. The maximum Gasteiger partial charge on any atom is 0.223 e. The van der Waals surface area contributed by atoms with Crippen molar-refractivity contribution in [2.45, 2.75) is 32.7 Å². The average molecular weight is 239 g/mol. The molecule has 0 bridgehead atoms. The number of carbonyl (C=O) groups is 1. The van der Waals surface area contributed by atoms with Gasteiger partial charge in [0.05, 0.1) is 0 Å². The summed E-state index contributed by atoms with van der Waals surface area (Å²) in [5.74, 6) is 0.927. The molecule has 4 nitrogen and oxygen atoms in total. The maximum atomic E-state index is 11.9.